The average Bonchev–Trinajstić information content (AvgIpc) is 3.27. The number of hydrogen-bond donors (Lipinski definition) is 0. The lowest BCUT2D eigenvalue weighted by Gasteiger charge is -2.25. The Balaban J connectivity index is 1.52. The largest absolute Gasteiger partial charge is 0.459 e. The van der Waals surface area contributed by atoms with Crippen LogP contribution in [0.2, 0.25) is 0 Å². The molecule has 6 nitrogen and oxygen atoms in total. The number of likely N-dealkylation sites (tertiary alicyclic amines) is 2. The zero-order valence-corrected chi connectivity index (χ0v) is 12.6. The Labute approximate surface area is 133 Å². The van der Waals surface area contributed by atoms with Crippen LogP contribution in [0, 0.1) is 0 Å². The SMILES string of the molecule is O=C1C[C@@H]2[C@@H](CCN2C(=O)c2ccco2)N1Cc1cccnc1. The maximum absolute atomic E-state index is 12.5. The van der Waals surface area contributed by atoms with Gasteiger partial charge in [-0.1, -0.05) is 6.07 Å². The molecule has 0 radical (unpaired) electrons. The van der Waals surface area contributed by atoms with Gasteiger partial charge in [-0.15, -0.1) is 0 Å². The summed E-state index contributed by atoms with van der Waals surface area (Å²) in [5.41, 5.74) is 1.01. The maximum Gasteiger partial charge on any atom is 0.289 e. The van der Waals surface area contributed by atoms with Gasteiger partial charge < -0.3 is 14.2 Å². The Hall–Kier alpha value is -2.63. The molecule has 2 saturated heterocycles. The molecule has 0 aromatic carbocycles. The smallest absolute Gasteiger partial charge is 0.289 e. The average molecular weight is 311 g/mol. The van der Waals surface area contributed by atoms with Gasteiger partial charge in [-0.2, -0.15) is 0 Å². The zero-order chi connectivity index (χ0) is 15.8. The molecule has 2 aliphatic heterocycles. The van der Waals surface area contributed by atoms with Crippen molar-refractivity contribution in [2.75, 3.05) is 6.54 Å². The summed E-state index contributed by atoms with van der Waals surface area (Å²) >= 11 is 0. The molecule has 0 saturated carbocycles. The molecule has 4 rings (SSSR count). The van der Waals surface area contributed by atoms with E-state index in [4.69, 9.17) is 4.42 Å². The molecule has 0 spiro atoms. The molecule has 118 valence electrons. The molecule has 2 fully saturated rings. The van der Waals surface area contributed by atoms with Crippen LogP contribution in [0.25, 0.3) is 0 Å². The molecule has 2 aromatic heterocycles. The van der Waals surface area contributed by atoms with Gasteiger partial charge in [0.25, 0.3) is 5.91 Å². The van der Waals surface area contributed by atoms with Crippen LogP contribution >= 0.6 is 0 Å². The number of hydrogen-bond acceptors (Lipinski definition) is 4. The molecule has 2 aliphatic rings. The fourth-order valence-electron chi connectivity index (χ4n) is 3.62. The predicted octanol–water partition coefficient (Wildman–Crippen LogP) is 1.69. The third kappa shape index (κ3) is 2.40. The molecular weight excluding hydrogens is 294 g/mol. The third-order valence-electron chi connectivity index (χ3n) is 4.68. The highest BCUT2D eigenvalue weighted by molar-refractivity contribution is 5.93. The number of aromatic nitrogens is 1. The van der Waals surface area contributed by atoms with Gasteiger partial charge in [-0.05, 0) is 30.2 Å². The molecule has 4 heterocycles. The lowest BCUT2D eigenvalue weighted by atomic mass is 10.1. The molecule has 2 atom stereocenters. The Morgan fingerprint density at radius 1 is 1.30 bits per heavy atom. The molecule has 23 heavy (non-hydrogen) atoms. The van der Waals surface area contributed by atoms with Crippen LogP contribution in [0.1, 0.15) is 29.0 Å². The number of carbonyl (C=O) groups is 2. The zero-order valence-electron chi connectivity index (χ0n) is 12.6. The Bertz CT molecular complexity index is 714. The fourth-order valence-corrected chi connectivity index (χ4v) is 3.62. The molecule has 6 heteroatoms. The van der Waals surface area contributed by atoms with Gasteiger partial charge in [0.2, 0.25) is 5.91 Å². The first-order valence-electron chi connectivity index (χ1n) is 7.77. The summed E-state index contributed by atoms with van der Waals surface area (Å²) in [6.45, 7) is 1.21. The van der Waals surface area contributed by atoms with Gasteiger partial charge in [0.15, 0.2) is 5.76 Å². The Morgan fingerprint density at radius 3 is 2.96 bits per heavy atom. The lowest BCUT2D eigenvalue weighted by molar-refractivity contribution is -0.129. The topological polar surface area (TPSA) is 66.7 Å². The third-order valence-corrected chi connectivity index (χ3v) is 4.68. The van der Waals surface area contributed by atoms with E-state index in [1.165, 1.54) is 6.26 Å². The summed E-state index contributed by atoms with van der Waals surface area (Å²) in [5, 5.41) is 0. The second-order valence-corrected chi connectivity index (χ2v) is 5.99. The van der Waals surface area contributed by atoms with Crippen molar-refractivity contribution >= 4 is 11.8 Å². The minimum Gasteiger partial charge on any atom is -0.459 e. The van der Waals surface area contributed by atoms with Gasteiger partial charge in [-0.25, -0.2) is 0 Å². The van der Waals surface area contributed by atoms with E-state index >= 15 is 0 Å². The van der Waals surface area contributed by atoms with Gasteiger partial charge in [0.05, 0.1) is 18.3 Å². The minimum atomic E-state index is -0.126. The number of rotatable bonds is 3. The van der Waals surface area contributed by atoms with Crippen molar-refractivity contribution in [1.82, 2.24) is 14.8 Å². The molecule has 0 aliphatic carbocycles. The van der Waals surface area contributed by atoms with Crippen LogP contribution < -0.4 is 0 Å². The van der Waals surface area contributed by atoms with Crippen LogP contribution in [-0.4, -0.2) is 45.2 Å². The van der Waals surface area contributed by atoms with Crippen molar-refractivity contribution in [1.29, 1.82) is 0 Å². The van der Waals surface area contributed by atoms with Crippen molar-refractivity contribution in [2.24, 2.45) is 0 Å². The van der Waals surface area contributed by atoms with E-state index in [0.717, 1.165) is 12.0 Å². The summed E-state index contributed by atoms with van der Waals surface area (Å²) in [5.74, 6) is 0.308. The molecule has 0 unspecified atom stereocenters. The van der Waals surface area contributed by atoms with Gasteiger partial charge in [0, 0.05) is 31.9 Å². The highest BCUT2D eigenvalue weighted by atomic mass is 16.3. The van der Waals surface area contributed by atoms with Crippen molar-refractivity contribution in [3.05, 3.63) is 54.2 Å². The highest BCUT2D eigenvalue weighted by Gasteiger charge is 2.48. The summed E-state index contributed by atoms with van der Waals surface area (Å²) in [4.78, 5) is 32.7. The first kappa shape index (κ1) is 14.0. The number of nitrogens with zero attached hydrogens (tertiary/aromatic N) is 3. The van der Waals surface area contributed by atoms with E-state index in [-0.39, 0.29) is 23.9 Å². The second-order valence-electron chi connectivity index (χ2n) is 5.99. The molecular formula is C17H17N3O3. The number of amides is 2. The van der Waals surface area contributed by atoms with Crippen LogP contribution in [-0.2, 0) is 11.3 Å². The number of carbonyl (C=O) groups excluding carboxylic acids is 2. The minimum absolute atomic E-state index is 0.0585. The fraction of sp³-hybridized carbons (Fsp3) is 0.353. The number of fused-ring (bicyclic) bond motifs is 1. The summed E-state index contributed by atoms with van der Waals surface area (Å²) < 4.78 is 5.21. The van der Waals surface area contributed by atoms with E-state index in [1.54, 1.807) is 29.4 Å². The van der Waals surface area contributed by atoms with E-state index in [0.29, 0.717) is 25.3 Å². The van der Waals surface area contributed by atoms with Crippen LogP contribution in [0.4, 0.5) is 0 Å². The maximum atomic E-state index is 12.5. The van der Waals surface area contributed by atoms with Crippen LogP contribution in [0.3, 0.4) is 0 Å². The van der Waals surface area contributed by atoms with E-state index < -0.39 is 0 Å². The Morgan fingerprint density at radius 2 is 2.22 bits per heavy atom. The monoisotopic (exact) mass is 311 g/mol. The predicted molar refractivity (Wildman–Crippen MR) is 81.3 cm³/mol. The van der Waals surface area contributed by atoms with E-state index in [1.807, 2.05) is 17.0 Å². The van der Waals surface area contributed by atoms with Crippen molar-refractivity contribution in [3.63, 3.8) is 0 Å². The summed E-state index contributed by atoms with van der Waals surface area (Å²) in [7, 11) is 0. The van der Waals surface area contributed by atoms with E-state index in [9.17, 15) is 9.59 Å². The van der Waals surface area contributed by atoms with Crippen LogP contribution in [0.15, 0.2) is 47.3 Å². The highest BCUT2D eigenvalue weighted by Crippen LogP contribution is 2.34. The Kier molecular flexibility index (Phi) is 3.37. The molecule has 2 aromatic rings. The standard InChI is InChI=1S/C17H17N3O3/c21-16-9-14-13(20(16)11-12-3-1-6-18-10-12)5-7-19(14)17(22)15-4-2-8-23-15/h1-4,6,8,10,13-14H,5,7,9,11H2/t13-,14-/m1/s1. The van der Waals surface area contributed by atoms with Gasteiger partial charge >= 0.3 is 0 Å². The van der Waals surface area contributed by atoms with Crippen molar-refractivity contribution < 1.29 is 14.0 Å². The summed E-state index contributed by atoms with van der Waals surface area (Å²) in [6, 6.07) is 7.23. The number of furan rings is 1. The molecule has 0 bridgehead atoms. The van der Waals surface area contributed by atoms with Gasteiger partial charge in [0.1, 0.15) is 0 Å². The first-order chi connectivity index (χ1) is 11.2. The summed E-state index contributed by atoms with van der Waals surface area (Å²) in [6.07, 6.45) is 6.19. The van der Waals surface area contributed by atoms with Gasteiger partial charge in [-0.3, -0.25) is 14.6 Å². The van der Waals surface area contributed by atoms with Crippen LogP contribution in [0.5, 0.6) is 0 Å². The quantitative estimate of drug-likeness (QED) is 0.865. The normalized spacial score (nSPS) is 23.4. The first-order valence-corrected chi connectivity index (χ1v) is 7.77. The van der Waals surface area contributed by atoms with Crippen molar-refractivity contribution in [3.8, 4) is 0 Å². The number of pyridine rings is 1. The lowest BCUT2D eigenvalue weighted by Crippen LogP contribution is -2.39. The second kappa shape index (κ2) is 5.53. The molecule has 0 N–H and O–H groups in total. The molecule has 2 amide bonds. The van der Waals surface area contributed by atoms with Crippen molar-refractivity contribution in [2.45, 2.75) is 31.5 Å². The van der Waals surface area contributed by atoms with E-state index in [2.05, 4.69) is 4.98 Å².